The Morgan fingerprint density at radius 2 is 1.88 bits per heavy atom. The number of rotatable bonds is 7. The van der Waals surface area contributed by atoms with Gasteiger partial charge in [-0.3, -0.25) is 10.1 Å². The van der Waals surface area contributed by atoms with Crippen molar-refractivity contribution in [1.82, 2.24) is 30.8 Å². The molecule has 3 N–H and O–H groups in total. The van der Waals surface area contributed by atoms with E-state index >= 15 is 0 Å². The van der Waals surface area contributed by atoms with Crippen LogP contribution in [-0.4, -0.2) is 46.2 Å². The van der Waals surface area contributed by atoms with Gasteiger partial charge in [-0.2, -0.15) is 4.80 Å². The van der Waals surface area contributed by atoms with Crippen molar-refractivity contribution in [3.05, 3.63) is 101 Å². The number of carbonyl (C=O) groups excluding carboxylic acids is 1. The number of aromatic nitrogens is 4. The number of fused-ring (bicyclic) bond motifs is 1. The second-order valence-electron chi connectivity index (χ2n) is 9.60. The van der Waals surface area contributed by atoms with Gasteiger partial charge in [0.25, 0.3) is 5.91 Å². The Balaban J connectivity index is 0.000000166. The third-order valence-electron chi connectivity index (χ3n) is 6.52. The molecule has 11 heteroatoms. The largest absolute Gasteiger partial charge is 0.497 e. The van der Waals surface area contributed by atoms with E-state index in [1.807, 2.05) is 73.7 Å². The molecule has 3 aromatic carbocycles. The lowest BCUT2D eigenvalue weighted by molar-refractivity contribution is -0.0292. The van der Waals surface area contributed by atoms with Crippen LogP contribution in [0.1, 0.15) is 34.0 Å². The van der Waals surface area contributed by atoms with Crippen molar-refractivity contribution in [3.8, 4) is 17.1 Å². The molecule has 3 heterocycles. The summed E-state index contributed by atoms with van der Waals surface area (Å²) >= 11 is 0. The number of ether oxygens (including phenoxy) is 3. The summed E-state index contributed by atoms with van der Waals surface area (Å²) in [5.74, 6) is 2.18. The van der Waals surface area contributed by atoms with E-state index in [0.717, 1.165) is 52.7 Å². The number of methoxy groups -OCH3 is 1. The van der Waals surface area contributed by atoms with Gasteiger partial charge >= 0.3 is 0 Å². The molecule has 0 spiro atoms. The maximum atomic E-state index is 12.3. The number of aryl methyl sites for hydroxylation is 1. The molecule has 0 bridgehead atoms. The van der Waals surface area contributed by atoms with E-state index in [1.54, 1.807) is 20.4 Å². The summed E-state index contributed by atoms with van der Waals surface area (Å²) in [5.41, 5.74) is 6.00. The zero-order chi connectivity index (χ0) is 28.6. The quantitative estimate of drug-likeness (QED) is 0.313. The van der Waals surface area contributed by atoms with Crippen molar-refractivity contribution in [2.24, 2.45) is 7.05 Å². The first kappa shape index (κ1) is 27.7. The van der Waals surface area contributed by atoms with Gasteiger partial charge in [-0.15, -0.1) is 10.2 Å². The number of allylic oxidation sites excluding steroid dienone is 1. The summed E-state index contributed by atoms with van der Waals surface area (Å²) in [7, 11) is 3.38. The number of hydrogen-bond acceptors (Lipinski definition) is 9. The lowest BCUT2D eigenvalue weighted by Gasteiger charge is -2.19. The van der Waals surface area contributed by atoms with Crippen LogP contribution in [0.4, 0.5) is 5.69 Å². The highest BCUT2D eigenvalue weighted by molar-refractivity contribution is 5.94. The molecule has 1 atom stereocenters. The van der Waals surface area contributed by atoms with Crippen LogP contribution in [0.3, 0.4) is 0 Å². The normalized spacial score (nSPS) is 15.2. The van der Waals surface area contributed by atoms with Crippen molar-refractivity contribution in [2.45, 2.75) is 32.7 Å². The van der Waals surface area contributed by atoms with Gasteiger partial charge in [0.05, 0.1) is 20.8 Å². The van der Waals surface area contributed by atoms with Crippen LogP contribution in [0.25, 0.3) is 11.4 Å². The number of nitrogens with zero attached hydrogens (tertiary/aromatic N) is 4. The maximum Gasteiger partial charge on any atom is 0.251 e. The van der Waals surface area contributed by atoms with Gasteiger partial charge in [-0.25, -0.2) is 0 Å². The Morgan fingerprint density at radius 3 is 2.56 bits per heavy atom. The van der Waals surface area contributed by atoms with Crippen molar-refractivity contribution in [1.29, 1.82) is 0 Å². The highest BCUT2D eigenvalue weighted by Gasteiger charge is 2.17. The first-order chi connectivity index (χ1) is 20.0. The number of anilines is 1. The average Bonchev–Trinajstić information content (AvgIpc) is 3.64. The summed E-state index contributed by atoms with van der Waals surface area (Å²) in [6.45, 7) is 3.91. The Labute approximate surface area is 238 Å². The summed E-state index contributed by atoms with van der Waals surface area (Å²) in [6, 6.07) is 21.4. The van der Waals surface area contributed by atoms with Gasteiger partial charge < -0.3 is 24.8 Å². The second kappa shape index (κ2) is 13.0. The van der Waals surface area contributed by atoms with Gasteiger partial charge in [0.2, 0.25) is 12.1 Å². The third-order valence-corrected chi connectivity index (χ3v) is 6.52. The van der Waals surface area contributed by atoms with Crippen LogP contribution in [0, 0.1) is 0 Å². The number of carbonyl (C=O) groups is 1. The number of nitrogens with one attached hydrogen (secondary N) is 3. The molecule has 6 rings (SSSR count). The molecule has 1 unspecified atom stereocenters. The molecule has 2 aliphatic rings. The van der Waals surface area contributed by atoms with Crippen molar-refractivity contribution < 1.29 is 19.0 Å². The van der Waals surface area contributed by atoms with E-state index in [4.69, 9.17) is 14.2 Å². The molecule has 2 aliphatic heterocycles. The number of hydrogen-bond donors (Lipinski definition) is 3. The fourth-order valence-corrected chi connectivity index (χ4v) is 4.34. The minimum atomic E-state index is -0.222. The average molecular weight is 556 g/mol. The lowest BCUT2D eigenvalue weighted by atomic mass is 10.1. The minimum absolute atomic E-state index is 0.0656. The fraction of sp³-hybridized carbons (Fsp3) is 0.267. The van der Waals surface area contributed by atoms with E-state index in [9.17, 15) is 4.79 Å². The van der Waals surface area contributed by atoms with E-state index in [1.165, 1.54) is 4.80 Å². The van der Waals surface area contributed by atoms with Crippen LogP contribution >= 0.6 is 0 Å². The Kier molecular flexibility index (Phi) is 8.75. The predicted molar refractivity (Wildman–Crippen MR) is 154 cm³/mol. The highest BCUT2D eigenvalue weighted by atomic mass is 16.7. The van der Waals surface area contributed by atoms with Gasteiger partial charge in [-0.1, -0.05) is 36.4 Å². The Hall–Kier alpha value is -4.90. The standard InChI is InChI=1S/C17H19N3O2.C13H14N4O2/c1-22-15-5-2-12(3-6-15)9-19-17(21)13-4-7-16-14(8-13)10-18-11-20-16;1-9-8-18-12(19-9)7-10-3-5-11(6-4-10)13-14-16-17(2)15-13/h2-8,18,20H,9-11H2,1H3,(H,19,21);3-6,8,12H,7H2,1-2H3. The third kappa shape index (κ3) is 7.40. The van der Waals surface area contributed by atoms with E-state index < -0.39 is 0 Å². The topological polar surface area (TPSA) is 124 Å². The maximum absolute atomic E-state index is 12.3. The van der Waals surface area contributed by atoms with E-state index in [-0.39, 0.29) is 12.2 Å². The second-order valence-corrected chi connectivity index (χ2v) is 9.60. The van der Waals surface area contributed by atoms with Crippen LogP contribution in [0.5, 0.6) is 5.75 Å². The van der Waals surface area contributed by atoms with Crippen molar-refractivity contribution in [2.75, 3.05) is 19.1 Å². The van der Waals surface area contributed by atoms with Gasteiger partial charge in [0.15, 0.2) is 0 Å². The lowest BCUT2D eigenvalue weighted by Crippen LogP contribution is -2.28. The van der Waals surface area contributed by atoms with Crippen LogP contribution in [0.2, 0.25) is 0 Å². The van der Waals surface area contributed by atoms with Gasteiger partial charge in [0.1, 0.15) is 17.8 Å². The molecule has 0 saturated carbocycles. The molecular formula is C30H33N7O4. The smallest absolute Gasteiger partial charge is 0.251 e. The molecule has 0 fully saturated rings. The fourth-order valence-electron chi connectivity index (χ4n) is 4.34. The first-order valence-corrected chi connectivity index (χ1v) is 13.3. The van der Waals surface area contributed by atoms with Crippen LogP contribution in [0.15, 0.2) is 78.8 Å². The first-order valence-electron chi connectivity index (χ1n) is 13.3. The monoisotopic (exact) mass is 555 g/mol. The van der Waals surface area contributed by atoms with E-state index in [2.05, 4.69) is 31.4 Å². The SMILES string of the molecule is CC1=COC(Cc2ccc(-c3nnn(C)n3)cc2)O1.COc1ccc(CNC(=O)c2ccc3c(c2)CNCN3)cc1. The van der Waals surface area contributed by atoms with Gasteiger partial charge in [0, 0.05) is 36.3 Å². The van der Waals surface area contributed by atoms with Crippen molar-refractivity contribution >= 4 is 11.6 Å². The molecule has 0 radical (unpaired) electrons. The Bertz CT molecular complexity index is 1500. The summed E-state index contributed by atoms with van der Waals surface area (Å²) in [6.07, 6.45) is 2.13. The highest BCUT2D eigenvalue weighted by Crippen LogP contribution is 2.21. The molecule has 212 valence electrons. The molecule has 0 saturated heterocycles. The summed E-state index contributed by atoms with van der Waals surface area (Å²) in [4.78, 5) is 13.7. The number of benzene rings is 3. The number of amides is 1. The molecular weight excluding hydrogens is 522 g/mol. The molecule has 0 aliphatic carbocycles. The van der Waals surface area contributed by atoms with Crippen LogP contribution in [-0.2, 0) is 36.0 Å². The zero-order valence-electron chi connectivity index (χ0n) is 23.3. The molecule has 1 amide bonds. The predicted octanol–water partition coefficient (Wildman–Crippen LogP) is 3.75. The van der Waals surface area contributed by atoms with Crippen LogP contribution < -0.4 is 20.7 Å². The zero-order valence-corrected chi connectivity index (χ0v) is 23.3. The summed E-state index contributed by atoms with van der Waals surface area (Å²) < 4.78 is 16.0. The molecule has 1 aromatic heterocycles. The molecule has 41 heavy (non-hydrogen) atoms. The van der Waals surface area contributed by atoms with Crippen molar-refractivity contribution in [3.63, 3.8) is 0 Å². The minimum Gasteiger partial charge on any atom is -0.497 e. The summed E-state index contributed by atoms with van der Waals surface area (Å²) in [5, 5.41) is 21.4. The molecule has 11 nitrogen and oxygen atoms in total. The van der Waals surface area contributed by atoms with E-state index in [0.29, 0.717) is 24.4 Å². The Morgan fingerprint density at radius 1 is 1.10 bits per heavy atom. The van der Waals surface area contributed by atoms with Gasteiger partial charge in [-0.05, 0) is 59.2 Å². The number of tetrazole rings is 1. The molecule has 4 aromatic rings.